The van der Waals surface area contributed by atoms with Crippen molar-refractivity contribution >= 4 is 34.8 Å². The number of hydrogen-bond donors (Lipinski definition) is 1. The number of aromatic nitrogens is 1. The van der Waals surface area contributed by atoms with Crippen LogP contribution in [0.1, 0.15) is 16.1 Å². The average Bonchev–Trinajstić information content (AvgIpc) is 2.44. The van der Waals surface area contributed by atoms with Gasteiger partial charge in [0.1, 0.15) is 10.8 Å². The maximum atomic E-state index is 12.2. The number of carbonyl (C=O) groups is 1. The van der Waals surface area contributed by atoms with Crippen molar-refractivity contribution in [1.82, 2.24) is 4.98 Å². The molecule has 2 rings (SSSR count). The van der Waals surface area contributed by atoms with Crippen molar-refractivity contribution < 1.29 is 9.53 Å². The van der Waals surface area contributed by atoms with Gasteiger partial charge in [-0.05, 0) is 18.2 Å². The lowest BCUT2D eigenvalue weighted by molar-refractivity contribution is 0.102. The Hall–Kier alpha value is -1.62. The van der Waals surface area contributed by atoms with Crippen LogP contribution in [-0.2, 0) is 11.3 Å². The zero-order chi connectivity index (χ0) is 14.5. The fourth-order valence-corrected chi connectivity index (χ4v) is 2.02. The number of carbonyl (C=O) groups excluding carboxylic acids is 1. The van der Waals surface area contributed by atoms with Gasteiger partial charge in [-0.3, -0.25) is 4.79 Å². The Morgan fingerprint density at radius 3 is 2.75 bits per heavy atom. The highest BCUT2D eigenvalue weighted by Crippen LogP contribution is 2.20. The van der Waals surface area contributed by atoms with Gasteiger partial charge in [-0.15, -0.1) is 0 Å². The van der Waals surface area contributed by atoms with Crippen molar-refractivity contribution in [2.45, 2.75) is 6.61 Å². The fourth-order valence-electron chi connectivity index (χ4n) is 1.68. The average molecular weight is 311 g/mol. The summed E-state index contributed by atoms with van der Waals surface area (Å²) in [6.07, 6.45) is 0. The van der Waals surface area contributed by atoms with Crippen LogP contribution in [0.3, 0.4) is 0 Å². The van der Waals surface area contributed by atoms with Crippen LogP contribution in [0.15, 0.2) is 36.4 Å². The monoisotopic (exact) mass is 310 g/mol. The van der Waals surface area contributed by atoms with Gasteiger partial charge in [0.25, 0.3) is 5.91 Å². The molecule has 0 spiro atoms. The first kappa shape index (κ1) is 14.8. The standard InChI is InChI=1S/C14H12Cl2N2O2/c1-20-8-9-4-2-3-5-11(9)17-14(19)13-10(15)6-7-12(16)18-13/h2-7H,8H2,1H3,(H,17,19). The maximum Gasteiger partial charge on any atom is 0.275 e. The highest BCUT2D eigenvalue weighted by Gasteiger charge is 2.14. The molecule has 20 heavy (non-hydrogen) atoms. The van der Waals surface area contributed by atoms with Gasteiger partial charge in [-0.2, -0.15) is 0 Å². The van der Waals surface area contributed by atoms with Gasteiger partial charge in [-0.1, -0.05) is 41.4 Å². The van der Waals surface area contributed by atoms with Gasteiger partial charge in [0.2, 0.25) is 0 Å². The summed E-state index contributed by atoms with van der Waals surface area (Å²) in [6, 6.07) is 10.4. The second-order valence-corrected chi connectivity index (χ2v) is 4.80. The summed E-state index contributed by atoms with van der Waals surface area (Å²) in [6.45, 7) is 0.396. The highest BCUT2D eigenvalue weighted by molar-refractivity contribution is 6.35. The molecule has 0 saturated carbocycles. The summed E-state index contributed by atoms with van der Waals surface area (Å²) in [7, 11) is 1.59. The van der Waals surface area contributed by atoms with Gasteiger partial charge in [0.05, 0.1) is 11.6 Å². The topological polar surface area (TPSA) is 51.2 Å². The SMILES string of the molecule is COCc1ccccc1NC(=O)c1nc(Cl)ccc1Cl. The van der Waals surface area contributed by atoms with Gasteiger partial charge >= 0.3 is 0 Å². The Balaban J connectivity index is 2.26. The summed E-state index contributed by atoms with van der Waals surface area (Å²) < 4.78 is 5.08. The summed E-state index contributed by atoms with van der Waals surface area (Å²) in [5.74, 6) is -0.416. The molecule has 104 valence electrons. The first-order chi connectivity index (χ1) is 9.61. The molecule has 0 atom stereocenters. The van der Waals surface area contributed by atoms with Gasteiger partial charge < -0.3 is 10.1 Å². The van der Waals surface area contributed by atoms with E-state index in [0.29, 0.717) is 12.3 Å². The molecule has 0 aliphatic rings. The van der Waals surface area contributed by atoms with Gasteiger partial charge in [0, 0.05) is 18.4 Å². The third-order valence-corrected chi connectivity index (χ3v) is 3.11. The number of halogens is 2. The van der Waals surface area contributed by atoms with E-state index >= 15 is 0 Å². The van der Waals surface area contributed by atoms with Crippen LogP contribution in [-0.4, -0.2) is 18.0 Å². The van der Waals surface area contributed by atoms with E-state index in [1.165, 1.54) is 12.1 Å². The molecule has 0 aliphatic heterocycles. The zero-order valence-corrected chi connectivity index (χ0v) is 12.2. The first-order valence-corrected chi connectivity index (χ1v) is 6.57. The number of amides is 1. The molecule has 0 unspecified atom stereocenters. The Morgan fingerprint density at radius 2 is 2.00 bits per heavy atom. The number of para-hydroxylation sites is 1. The quantitative estimate of drug-likeness (QED) is 0.874. The largest absolute Gasteiger partial charge is 0.380 e. The third kappa shape index (κ3) is 3.48. The third-order valence-electron chi connectivity index (χ3n) is 2.59. The molecular formula is C14H12Cl2N2O2. The number of hydrogen-bond acceptors (Lipinski definition) is 3. The van der Waals surface area contributed by atoms with E-state index in [2.05, 4.69) is 10.3 Å². The van der Waals surface area contributed by atoms with Crippen LogP contribution < -0.4 is 5.32 Å². The Kier molecular flexibility index (Phi) is 4.95. The molecule has 2 aromatic rings. The number of methoxy groups -OCH3 is 1. The second-order valence-electron chi connectivity index (χ2n) is 4.01. The smallest absolute Gasteiger partial charge is 0.275 e. The molecule has 1 N–H and O–H groups in total. The van der Waals surface area contributed by atoms with Crippen molar-refractivity contribution in [2.75, 3.05) is 12.4 Å². The lowest BCUT2D eigenvalue weighted by atomic mass is 10.2. The van der Waals surface area contributed by atoms with Crippen LogP contribution in [0.25, 0.3) is 0 Å². The van der Waals surface area contributed by atoms with E-state index < -0.39 is 5.91 Å². The Bertz CT molecular complexity index is 632. The van der Waals surface area contributed by atoms with E-state index in [1.54, 1.807) is 13.2 Å². The van der Waals surface area contributed by atoms with Crippen molar-refractivity contribution in [1.29, 1.82) is 0 Å². The van der Waals surface area contributed by atoms with Crippen molar-refractivity contribution in [3.05, 3.63) is 57.8 Å². The Labute approximate surface area is 126 Å². The molecule has 0 aliphatic carbocycles. The van der Waals surface area contributed by atoms with Crippen LogP contribution in [0.2, 0.25) is 10.2 Å². The number of rotatable bonds is 4. The minimum Gasteiger partial charge on any atom is -0.380 e. The second kappa shape index (κ2) is 6.70. The lowest BCUT2D eigenvalue weighted by Crippen LogP contribution is -2.15. The van der Waals surface area contributed by atoms with Crippen LogP contribution in [0.5, 0.6) is 0 Å². The number of nitrogens with zero attached hydrogens (tertiary/aromatic N) is 1. The van der Waals surface area contributed by atoms with Crippen molar-refractivity contribution in [3.8, 4) is 0 Å². The summed E-state index contributed by atoms with van der Waals surface area (Å²) in [4.78, 5) is 16.1. The van der Waals surface area contributed by atoms with E-state index in [-0.39, 0.29) is 15.9 Å². The molecule has 0 saturated heterocycles. The fraction of sp³-hybridized carbons (Fsp3) is 0.143. The van der Waals surface area contributed by atoms with E-state index in [4.69, 9.17) is 27.9 Å². The van der Waals surface area contributed by atoms with E-state index in [9.17, 15) is 4.79 Å². The molecule has 0 radical (unpaired) electrons. The molecule has 1 heterocycles. The zero-order valence-electron chi connectivity index (χ0n) is 10.7. The van der Waals surface area contributed by atoms with Crippen LogP contribution in [0, 0.1) is 0 Å². The molecule has 1 aromatic carbocycles. The maximum absolute atomic E-state index is 12.2. The number of nitrogens with one attached hydrogen (secondary N) is 1. The normalized spacial score (nSPS) is 10.3. The molecule has 6 heteroatoms. The van der Waals surface area contributed by atoms with Crippen molar-refractivity contribution in [3.63, 3.8) is 0 Å². The summed E-state index contributed by atoms with van der Waals surface area (Å²) in [5.41, 5.74) is 1.60. The highest BCUT2D eigenvalue weighted by atomic mass is 35.5. The van der Waals surface area contributed by atoms with E-state index in [1.807, 2.05) is 18.2 Å². The molecular weight excluding hydrogens is 299 g/mol. The molecule has 1 amide bonds. The summed E-state index contributed by atoms with van der Waals surface area (Å²) >= 11 is 11.7. The van der Waals surface area contributed by atoms with Gasteiger partial charge in [-0.25, -0.2) is 4.98 Å². The van der Waals surface area contributed by atoms with Crippen molar-refractivity contribution in [2.24, 2.45) is 0 Å². The number of ether oxygens (including phenoxy) is 1. The molecule has 4 nitrogen and oxygen atoms in total. The predicted octanol–water partition coefficient (Wildman–Crippen LogP) is 3.79. The van der Waals surface area contributed by atoms with Crippen LogP contribution >= 0.6 is 23.2 Å². The number of anilines is 1. The van der Waals surface area contributed by atoms with Gasteiger partial charge in [0.15, 0.2) is 0 Å². The predicted molar refractivity (Wildman–Crippen MR) is 79.4 cm³/mol. The van der Waals surface area contributed by atoms with E-state index in [0.717, 1.165) is 5.56 Å². The van der Waals surface area contributed by atoms with Crippen LogP contribution in [0.4, 0.5) is 5.69 Å². The Morgan fingerprint density at radius 1 is 1.25 bits per heavy atom. The minimum absolute atomic E-state index is 0.0892. The molecule has 0 fully saturated rings. The summed E-state index contributed by atoms with van der Waals surface area (Å²) in [5, 5.41) is 3.21. The number of benzene rings is 1. The molecule has 1 aromatic heterocycles. The molecule has 0 bridgehead atoms. The number of pyridine rings is 1. The lowest BCUT2D eigenvalue weighted by Gasteiger charge is -2.10. The minimum atomic E-state index is -0.416. The first-order valence-electron chi connectivity index (χ1n) is 5.82.